The minimum atomic E-state index is 0.298. The zero-order valence-electron chi connectivity index (χ0n) is 15.2. The molecule has 27 heavy (non-hydrogen) atoms. The smallest absolute Gasteiger partial charge is 0.159 e. The van der Waals surface area contributed by atoms with Crippen LogP contribution in [0.1, 0.15) is 29.8 Å². The van der Waals surface area contributed by atoms with Crippen LogP contribution in [0.3, 0.4) is 0 Å². The first-order valence-electron chi connectivity index (χ1n) is 8.73. The molecule has 1 aliphatic rings. The predicted molar refractivity (Wildman–Crippen MR) is 105 cm³/mol. The number of fused-ring (bicyclic) bond motifs is 3. The highest BCUT2D eigenvalue weighted by Crippen LogP contribution is 2.29. The predicted octanol–water partition coefficient (Wildman–Crippen LogP) is 2.95. The molecule has 0 amide bonds. The lowest BCUT2D eigenvalue weighted by Gasteiger charge is -2.16. The third-order valence-corrected chi connectivity index (χ3v) is 5.20. The monoisotopic (exact) mass is 380 g/mol. The van der Waals surface area contributed by atoms with Gasteiger partial charge < -0.3 is 5.21 Å². The molecule has 8 heteroatoms. The molecule has 0 aliphatic carbocycles. The van der Waals surface area contributed by atoms with Crippen molar-refractivity contribution in [1.82, 2.24) is 24.8 Å². The van der Waals surface area contributed by atoms with Gasteiger partial charge in [0.25, 0.3) is 0 Å². The Bertz CT molecular complexity index is 985. The summed E-state index contributed by atoms with van der Waals surface area (Å²) in [6.45, 7) is 3.10. The highest BCUT2D eigenvalue weighted by atomic mass is 32.2. The van der Waals surface area contributed by atoms with Gasteiger partial charge in [0.1, 0.15) is 6.54 Å². The molecule has 0 fully saturated rings. The number of hydroxylamine groups is 2. The van der Waals surface area contributed by atoms with Crippen LogP contribution in [-0.2, 0) is 13.1 Å². The lowest BCUT2D eigenvalue weighted by atomic mass is 10.0. The van der Waals surface area contributed by atoms with Crippen molar-refractivity contribution in [3.8, 4) is 5.69 Å². The molecule has 1 aliphatic heterocycles. The number of thioether (sulfide) groups is 1. The van der Waals surface area contributed by atoms with Crippen LogP contribution in [0.2, 0.25) is 0 Å². The van der Waals surface area contributed by atoms with E-state index in [0.717, 1.165) is 33.4 Å². The largest absolute Gasteiger partial charge is 0.314 e. The molecule has 2 aromatic heterocycles. The summed E-state index contributed by atoms with van der Waals surface area (Å²) in [5.41, 5.74) is 3.61. The zero-order valence-corrected chi connectivity index (χ0v) is 16.0. The summed E-state index contributed by atoms with van der Waals surface area (Å²) < 4.78 is 2.00. The molecule has 1 N–H and O–H groups in total. The summed E-state index contributed by atoms with van der Waals surface area (Å²) in [5.74, 6) is 1.43. The van der Waals surface area contributed by atoms with Gasteiger partial charge in [-0.2, -0.15) is 5.06 Å². The minimum Gasteiger partial charge on any atom is -0.314 e. The summed E-state index contributed by atoms with van der Waals surface area (Å²) in [7, 11) is 0. The Kier molecular flexibility index (Phi) is 5.02. The molecule has 4 rings (SSSR count). The first-order valence-corrected chi connectivity index (χ1v) is 9.95. The molecular formula is C19H20N6OS. The number of aromatic nitrogens is 4. The van der Waals surface area contributed by atoms with E-state index in [4.69, 9.17) is 4.99 Å². The maximum atomic E-state index is 9.97. The van der Waals surface area contributed by atoms with Crippen LogP contribution in [0.5, 0.6) is 0 Å². The van der Waals surface area contributed by atoms with Gasteiger partial charge in [-0.25, -0.2) is 0 Å². The van der Waals surface area contributed by atoms with Crippen molar-refractivity contribution in [2.24, 2.45) is 4.99 Å². The molecule has 0 atom stereocenters. The van der Waals surface area contributed by atoms with Crippen molar-refractivity contribution >= 4 is 17.5 Å². The molecule has 1 aromatic carbocycles. The van der Waals surface area contributed by atoms with Crippen LogP contribution in [0.4, 0.5) is 0 Å². The lowest BCUT2D eigenvalue weighted by molar-refractivity contribution is -0.0967. The van der Waals surface area contributed by atoms with Crippen LogP contribution < -0.4 is 0 Å². The molecular weight excluding hydrogens is 360 g/mol. The van der Waals surface area contributed by atoms with Crippen LogP contribution in [0.15, 0.2) is 52.5 Å². The Hall–Kier alpha value is -2.55. The van der Waals surface area contributed by atoms with Crippen molar-refractivity contribution < 1.29 is 5.21 Å². The van der Waals surface area contributed by atoms with E-state index in [1.807, 2.05) is 29.7 Å². The topological polar surface area (TPSA) is 79.4 Å². The number of nitrogens with zero attached hydrogens (tertiary/aromatic N) is 6. The Morgan fingerprint density at radius 2 is 2.11 bits per heavy atom. The van der Waals surface area contributed by atoms with E-state index >= 15 is 0 Å². The van der Waals surface area contributed by atoms with E-state index in [1.54, 1.807) is 18.0 Å². The maximum absolute atomic E-state index is 9.97. The SMILES string of the molecule is CCN(O)Cc1nnc2n1-c1ccc(SC)cc1C(c1ccccn1)=NC2. The molecule has 0 saturated heterocycles. The van der Waals surface area contributed by atoms with Gasteiger partial charge in [0.05, 0.1) is 23.6 Å². The van der Waals surface area contributed by atoms with E-state index in [-0.39, 0.29) is 0 Å². The summed E-state index contributed by atoms with van der Waals surface area (Å²) >= 11 is 1.68. The molecule has 138 valence electrons. The molecule has 7 nitrogen and oxygen atoms in total. The standard InChI is InChI=1S/C19H20N6OS/c1-3-24(26)12-18-23-22-17-11-21-19(15-6-4-5-9-20-15)14-10-13(27-2)7-8-16(14)25(17)18/h4-10,26H,3,11-12H2,1-2H3. The quantitative estimate of drug-likeness (QED) is 0.542. The van der Waals surface area contributed by atoms with Crippen molar-refractivity contribution in [3.63, 3.8) is 0 Å². The number of benzene rings is 1. The molecule has 3 heterocycles. The van der Waals surface area contributed by atoms with Crippen molar-refractivity contribution in [2.75, 3.05) is 12.8 Å². The fourth-order valence-electron chi connectivity index (χ4n) is 3.10. The first kappa shape index (κ1) is 17.8. The second kappa shape index (κ2) is 7.59. The molecule has 0 spiro atoms. The van der Waals surface area contributed by atoms with Crippen molar-refractivity contribution in [2.45, 2.75) is 24.9 Å². The molecule has 0 radical (unpaired) electrons. The Labute approximate surface area is 161 Å². The summed E-state index contributed by atoms with van der Waals surface area (Å²) in [4.78, 5) is 10.5. The van der Waals surface area contributed by atoms with Crippen molar-refractivity contribution in [3.05, 3.63) is 65.5 Å². The normalized spacial score (nSPS) is 13.1. The fraction of sp³-hybridized carbons (Fsp3) is 0.263. The van der Waals surface area contributed by atoms with Gasteiger partial charge in [-0.05, 0) is 36.6 Å². The average molecular weight is 380 g/mol. The minimum absolute atomic E-state index is 0.298. The van der Waals surface area contributed by atoms with Gasteiger partial charge in [-0.15, -0.1) is 22.0 Å². The Morgan fingerprint density at radius 1 is 1.22 bits per heavy atom. The maximum Gasteiger partial charge on any atom is 0.159 e. The third kappa shape index (κ3) is 3.39. The Balaban J connectivity index is 1.90. The molecule has 0 bridgehead atoms. The summed E-state index contributed by atoms with van der Waals surface area (Å²) in [5, 5.41) is 19.8. The zero-order chi connectivity index (χ0) is 18.8. The van der Waals surface area contributed by atoms with Gasteiger partial charge in [0, 0.05) is 23.2 Å². The van der Waals surface area contributed by atoms with Crippen molar-refractivity contribution in [1.29, 1.82) is 0 Å². The number of pyridine rings is 1. The number of aliphatic imine (C=N–C) groups is 1. The van der Waals surface area contributed by atoms with E-state index in [9.17, 15) is 5.21 Å². The average Bonchev–Trinajstić information content (AvgIpc) is 3.02. The van der Waals surface area contributed by atoms with E-state index in [2.05, 4.69) is 39.6 Å². The molecule has 0 unspecified atom stereocenters. The van der Waals surface area contributed by atoms with Gasteiger partial charge in [-0.3, -0.25) is 14.5 Å². The van der Waals surface area contributed by atoms with Gasteiger partial charge >= 0.3 is 0 Å². The second-order valence-electron chi connectivity index (χ2n) is 6.11. The summed E-state index contributed by atoms with van der Waals surface area (Å²) in [6.07, 6.45) is 3.83. The third-order valence-electron chi connectivity index (χ3n) is 4.47. The number of hydrogen-bond acceptors (Lipinski definition) is 7. The second-order valence-corrected chi connectivity index (χ2v) is 6.99. The Morgan fingerprint density at radius 3 is 2.85 bits per heavy atom. The highest BCUT2D eigenvalue weighted by molar-refractivity contribution is 7.98. The number of rotatable bonds is 5. The fourth-order valence-corrected chi connectivity index (χ4v) is 3.54. The molecule has 0 saturated carbocycles. The van der Waals surface area contributed by atoms with Crippen LogP contribution in [0, 0.1) is 0 Å². The lowest BCUT2D eigenvalue weighted by Crippen LogP contribution is -2.21. The summed E-state index contributed by atoms with van der Waals surface area (Å²) in [6, 6.07) is 12.1. The van der Waals surface area contributed by atoms with Gasteiger partial charge in [0.15, 0.2) is 11.6 Å². The highest BCUT2D eigenvalue weighted by Gasteiger charge is 2.24. The van der Waals surface area contributed by atoms with Gasteiger partial charge in [0.2, 0.25) is 0 Å². The molecule has 3 aromatic rings. The number of hydrogen-bond donors (Lipinski definition) is 1. The van der Waals surface area contributed by atoms with Gasteiger partial charge in [-0.1, -0.05) is 13.0 Å². The van der Waals surface area contributed by atoms with Crippen LogP contribution >= 0.6 is 11.8 Å². The van der Waals surface area contributed by atoms with Crippen LogP contribution in [-0.4, -0.2) is 48.5 Å². The first-order chi connectivity index (χ1) is 13.2. The van der Waals surface area contributed by atoms with E-state index < -0.39 is 0 Å². The van der Waals surface area contributed by atoms with E-state index in [1.165, 1.54) is 5.06 Å². The van der Waals surface area contributed by atoms with Crippen LogP contribution in [0.25, 0.3) is 5.69 Å². The van der Waals surface area contributed by atoms with E-state index in [0.29, 0.717) is 25.5 Å².